The van der Waals surface area contributed by atoms with Crippen LogP contribution in [0, 0.1) is 6.92 Å². The van der Waals surface area contributed by atoms with Gasteiger partial charge in [-0.25, -0.2) is 0 Å². The first-order valence-electron chi connectivity index (χ1n) is 8.29. The van der Waals surface area contributed by atoms with E-state index in [9.17, 15) is 4.79 Å². The van der Waals surface area contributed by atoms with Crippen molar-refractivity contribution in [1.82, 2.24) is 0 Å². The molecule has 0 atom stereocenters. The normalized spacial score (nSPS) is 10.7. The van der Waals surface area contributed by atoms with Gasteiger partial charge in [0, 0.05) is 12.8 Å². The van der Waals surface area contributed by atoms with Crippen LogP contribution in [0.15, 0.2) is 24.3 Å². The fourth-order valence-corrected chi connectivity index (χ4v) is 2.48. The molecule has 0 aliphatic heterocycles. The summed E-state index contributed by atoms with van der Waals surface area (Å²) in [5, 5.41) is 0. The lowest BCUT2D eigenvalue weighted by Gasteiger charge is -2.03. The molecule has 0 heterocycles. The van der Waals surface area contributed by atoms with Crippen LogP contribution in [-0.2, 0) is 11.2 Å². The molecule has 0 saturated heterocycles. The number of carbonyl (C=O) groups excluding carboxylic acids is 1. The van der Waals surface area contributed by atoms with Crippen LogP contribution < -0.4 is 0 Å². The molecule has 1 heteroatoms. The molecule has 0 aliphatic rings. The van der Waals surface area contributed by atoms with E-state index >= 15 is 0 Å². The SMILES string of the molecule is CCCCCCCCCCC(=O)Cc1ccc(C)cc1. The Balaban J connectivity index is 2.01. The highest BCUT2D eigenvalue weighted by molar-refractivity contribution is 5.80. The van der Waals surface area contributed by atoms with Crippen molar-refractivity contribution in [3.05, 3.63) is 35.4 Å². The molecule has 0 aliphatic carbocycles. The number of carbonyl (C=O) groups is 1. The van der Waals surface area contributed by atoms with Gasteiger partial charge in [-0.2, -0.15) is 0 Å². The van der Waals surface area contributed by atoms with Gasteiger partial charge in [0.15, 0.2) is 0 Å². The van der Waals surface area contributed by atoms with Gasteiger partial charge < -0.3 is 0 Å². The quantitative estimate of drug-likeness (QED) is 0.477. The highest BCUT2D eigenvalue weighted by Gasteiger charge is 2.03. The van der Waals surface area contributed by atoms with Crippen molar-refractivity contribution in [2.24, 2.45) is 0 Å². The number of aryl methyl sites for hydroxylation is 1. The zero-order valence-corrected chi connectivity index (χ0v) is 13.3. The van der Waals surface area contributed by atoms with Gasteiger partial charge in [-0.05, 0) is 18.9 Å². The van der Waals surface area contributed by atoms with E-state index in [1.807, 2.05) is 0 Å². The summed E-state index contributed by atoms with van der Waals surface area (Å²) < 4.78 is 0. The molecular formula is C19H30O. The van der Waals surface area contributed by atoms with E-state index in [4.69, 9.17) is 0 Å². The Bertz CT molecular complexity index is 364. The van der Waals surface area contributed by atoms with E-state index in [1.165, 1.54) is 50.5 Å². The van der Waals surface area contributed by atoms with Gasteiger partial charge in [0.1, 0.15) is 5.78 Å². The Kier molecular flexibility index (Phi) is 9.02. The summed E-state index contributed by atoms with van der Waals surface area (Å²) in [5.74, 6) is 0.389. The van der Waals surface area contributed by atoms with Gasteiger partial charge in [-0.15, -0.1) is 0 Å². The third-order valence-electron chi connectivity index (χ3n) is 3.83. The summed E-state index contributed by atoms with van der Waals surface area (Å²) >= 11 is 0. The second-order valence-corrected chi connectivity index (χ2v) is 5.93. The minimum absolute atomic E-state index is 0.389. The third-order valence-corrected chi connectivity index (χ3v) is 3.83. The van der Waals surface area contributed by atoms with Crippen LogP contribution in [0.3, 0.4) is 0 Å². The molecule has 0 N–H and O–H groups in total. The Hall–Kier alpha value is -1.11. The number of hydrogen-bond acceptors (Lipinski definition) is 1. The van der Waals surface area contributed by atoms with Crippen LogP contribution >= 0.6 is 0 Å². The van der Waals surface area contributed by atoms with Gasteiger partial charge in [-0.3, -0.25) is 4.79 Å². The summed E-state index contributed by atoms with van der Waals surface area (Å²) in [6.07, 6.45) is 11.7. The average Bonchev–Trinajstić information content (AvgIpc) is 2.44. The Morgan fingerprint density at radius 2 is 1.40 bits per heavy atom. The maximum atomic E-state index is 11.9. The van der Waals surface area contributed by atoms with Crippen molar-refractivity contribution in [2.45, 2.75) is 78.1 Å². The summed E-state index contributed by atoms with van der Waals surface area (Å²) in [7, 11) is 0. The molecule has 0 spiro atoms. The molecule has 0 radical (unpaired) electrons. The van der Waals surface area contributed by atoms with Crippen LogP contribution in [0.4, 0.5) is 0 Å². The molecule has 1 rings (SSSR count). The van der Waals surface area contributed by atoms with Gasteiger partial charge in [0.05, 0.1) is 0 Å². The minimum Gasteiger partial charge on any atom is -0.299 e. The van der Waals surface area contributed by atoms with E-state index in [2.05, 4.69) is 38.1 Å². The van der Waals surface area contributed by atoms with Crippen molar-refractivity contribution in [3.8, 4) is 0 Å². The molecule has 112 valence electrons. The molecule has 1 aromatic rings. The first kappa shape index (κ1) is 16.9. The highest BCUT2D eigenvalue weighted by atomic mass is 16.1. The smallest absolute Gasteiger partial charge is 0.137 e. The fraction of sp³-hybridized carbons (Fsp3) is 0.632. The molecule has 0 fully saturated rings. The Labute approximate surface area is 124 Å². The summed E-state index contributed by atoms with van der Waals surface area (Å²) in [6.45, 7) is 4.33. The lowest BCUT2D eigenvalue weighted by molar-refractivity contribution is -0.118. The Morgan fingerprint density at radius 3 is 2.00 bits per heavy atom. The minimum atomic E-state index is 0.389. The van der Waals surface area contributed by atoms with E-state index in [0.29, 0.717) is 12.2 Å². The average molecular weight is 274 g/mol. The molecule has 0 unspecified atom stereocenters. The van der Waals surface area contributed by atoms with Crippen molar-refractivity contribution in [1.29, 1.82) is 0 Å². The van der Waals surface area contributed by atoms with E-state index < -0.39 is 0 Å². The van der Waals surface area contributed by atoms with Crippen LogP contribution in [0.25, 0.3) is 0 Å². The van der Waals surface area contributed by atoms with Crippen molar-refractivity contribution in [2.75, 3.05) is 0 Å². The summed E-state index contributed by atoms with van der Waals surface area (Å²) in [5.41, 5.74) is 2.41. The highest BCUT2D eigenvalue weighted by Crippen LogP contribution is 2.11. The topological polar surface area (TPSA) is 17.1 Å². The number of Topliss-reactive ketones (excluding diaryl/α,β-unsaturated/α-hetero) is 1. The maximum absolute atomic E-state index is 11.9. The predicted molar refractivity (Wildman–Crippen MR) is 87.1 cm³/mol. The Morgan fingerprint density at radius 1 is 0.850 bits per heavy atom. The molecule has 1 nitrogen and oxygen atoms in total. The predicted octanol–water partition coefficient (Wildman–Crippen LogP) is 5.64. The van der Waals surface area contributed by atoms with Crippen LogP contribution in [0.2, 0.25) is 0 Å². The molecule has 0 saturated carbocycles. The van der Waals surface area contributed by atoms with Gasteiger partial charge in [0.2, 0.25) is 0 Å². The number of rotatable bonds is 11. The lowest BCUT2D eigenvalue weighted by Crippen LogP contribution is -2.02. The van der Waals surface area contributed by atoms with Crippen LogP contribution in [0.5, 0.6) is 0 Å². The molecule has 0 aromatic heterocycles. The molecule has 0 amide bonds. The van der Waals surface area contributed by atoms with Crippen molar-refractivity contribution in [3.63, 3.8) is 0 Å². The van der Waals surface area contributed by atoms with E-state index in [-0.39, 0.29) is 0 Å². The molecule has 20 heavy (non-hydrogen) atoms. The van der Waals surface area contributed by atoms with Gasteiger partial charge >= 0.3 is 0 Å². The number of unbranched alkanes of at least 4 members (excludes halogenated alkanes) is 7. The molecule has 1 aromatic carbocycles. The number of hydrogen-bond donors (Lipinski definition) is 0. The summed E-state index contributed by atoms with van der Waals surface area (Å²) in [6, 6.07) is 8.31. The monoisotopic (exact) mass is 274 g/mol. The first-order chi connectivity index (χ1) is 9.72. The third kappa shape index (κ3) is 8.14. The lowest BCUT2D eigenvalue weighted by atomic mass is 10.0. The molecule has 0 bridgehead atoms. The summed E-state index contributed by atoms with van der Waals surface area (Å²) in [4.78, 5) is 11.9. The second kappa shape index (κ2) is 10.7. The van der Waals surface area contributed by atoms with Crippen molar-refractivity contribution < 1.29 is 4.79 Å². The first-order valence-corrected chi connectivity index (χ1v) is 8.29. The largest absolute Gasteiger partial charge is 0.299 e. The van der Waals surface area contributed by atoms with Crippen molar-refractivity contribution >= 4 is 5.78 Å². The standard InChI is InChI=1S/C19H30O/c1-3-4-5-6-7-8-9-10-11-19(20)16-18-14-12-17(2)13-15-18/h12-15H,3-11,16H2,1-2H3. The van der Waals surface area contributed by atoms with Crippen LogP contribution in [0.1, 0.15) is 75.8 Å². The maximum Gasteiger partial charge on any atom is 0.137 e. The van der Waals surface area contributed by atoms with E-state index in [0.717, 1.165) is 18.4 Å². The van der Waals surface area contributed by atoms with Gasteiger partial charge in [0.25, 0.3) is 0 Å². The zero-order chi connectivity index (χ0) is 14.6. The van der Waals surface area contributed by atoms with E-state index in [1.54, 1.807) is 0 Å². The number of benzene rings is 1. The number of ketones is 1. The molecular weight excluding hydrogens is 244 g/mol. The fourth-order valence-electron chi connectivity index (χ4n) is 2.48. The zero-order valence-electron chi connectivity index (χ0n) is 13.3. The second-order valence-electron chi connectivity index (χ2n) is 5.93. The van der Waals surface area contributed by atoms with Crippen LogP contribution in [-0.4, -0.2) is 5.78 Å². The van der Waals surface area contributed by atoms with Gasteiger partial charge in [-0.1, -0.05) is 81.7 Å².